The minimum atomic E-state index is -0.182. The maximum atomic E-state index is 12.4. The molecule has 1 aliphatic heterocycles. The van der Waals surface area contributed by atoms with E-state index in [1.165, 1.54) is 0 Å². The number of hydrogen-bond donors (Lipinski definition) is 1. The third-order valence-electron chi connectivity index (χ3n) is 3.69. The molecule has 2 aromatic rings. The molecular weight excluding hydrogens is 292 g/mol. The van der Waals surface area contributed by atoms with Crippen LogP contribution >= 0.6 is 0 Å². The van der Waals surface area contributed by atoms with E-state index in [2.05, 4.69) is 11.4 Å². The Balaban J connectivity index is 1.72. The Hall–Kier alpha value is -3.00. The van der Waals surface area contributed by atoms with Crippen molar-refractivity contribution in [1.29, 1.82) is 5.26 Å². The molecule has 0 aromatic heterocycles. The van der Waals surface area contributed by atoms with Crippen molar-refractivity contribution >= 4 is 5.91 Å². The first kappa shape index (κ1) is 14.9. The molecule has 23 heavy (non-hydrogen) atoms. The van der Waals surface area contributed by atoms with Gasteiger partial charge in [-0.25, -0.2) is 0 Å². The van der Waals surface area contributed by atoms with Crippen molar-refractivity contribution in [1.82, 2.24) is 5.32 Å². The van der Waals surface area contributed by atoms with Crippen molar-refractivity contribution in [3.8, 4) is 17.6 Å². The number of nitrogens with zero attached hydrogens (tertiary/aromatic N) is 1. The highest BCUT2D eigenvalue weighted by Gasteiger charge is 2.16. The normalized spacial score (nSPS) is 13.7. The molecule has 0 spiro atoms. The molecule has 1 unspecified atom stereocenters. The highest BCUT2D eigenvalue weighted by molar-refractivity contribution is 5.95. The number of rotatable bonds is 3. The number of fused-ring (bicyclic) bond motifs is 1. The molecule has 5 nitrogen and oxygen atoms in total. The van der Waals surface area contributed by atoms with E-state index in [4.69, 9.17) is 14.7 Å². The first-order chi connectivity index (χ1) is 11.2. The molecule has 3 rings (SSSR count). The second-order valence-corrected chi connectivity index (χ2v) is 5.29. The van der Waals surface area contributed by atoms with Crippen molar-refractivity contribution in [2.75, 3.05) is 13.2 Å². The average molecular weight is 308 g/mol. The molecule has 116 valence electrons. The molecule has 0 aliphatic carbocycles. The maximum Gasteiger partial charge on any atom is 0.251 e. The van der Waals surface area contributed by atoms with Crippen LogP contribution in [0, 0.1) is 11.3 Å². The van der Waals surface area contributed by atoms with Crippen LogP contribution in [-0.2, 0) is 0 Å². The molecule has 1 atom stereocenters. The average Bonchev–Trinajstić information content (AvgIpc) is 2.61. The van der Waals surface area contributed by atoms with Gasteiger partial charge in [0.15, 0.2) is 11.5 Å². The molecule has 2 aromatic carbocycles. The van der Waals surface area contributed by atoms with E-state index in [0.717, 1.165) is 5.56 Å². The molecule has 0 saturated carbocycles. The SMILES string of the molecule is CC(NC(=O)c1ccc2c(c1)OCCO2)c1ccc(C#N)cc1. The Kier molecular flexibility index (Phi) is 4.15. The topological polar surface area (TPSA) is 71.3 Å². The number of benzene rings is 2. The van der Waals surface area contributed by atoms with Crippen LogP contribution in [0.25, 0.3) is 0 Å². The second-order valence-electron chi connectivity index (χ2n) is 5.29. The van der Waals surface area contributed by atoms with Gasteiger partial charge >= 0.3 is 0 Å². The second kappa shape index (κ2) is 6.41. The predicted molar refractivity (Wildman–Crippen MR) is 84.5 cm³/mol. The smallest absolute Gasteiger partial charge is 0.251 e. The van der Waals surface area contributed by atoms with Gasteiger partial charge in [-0.3, -0.25) is 4.79 Å². The van der Waals surface area contributed by atoms with Crippen LogP contribution in [0.15, 0.2) is 42.5 Å². The first-order valence-corrected chi connectivity index (χ1v) is 7.38. The molecule has 0 saturated heterocycles. The van der Waals surface area contributed by atoms with Crippen molar-refractivity contribution in [3.05, 3.63) is 59.2 Å². The monoisotopic (exact) mass is 308 g/mol. The third-order valence-corrected chi connectivity index (χ3v) is 3.69. The summed E-state index contributed by atoms with van der Waals surface area (Å²) in [7, 11) is 0. The lowest BCUT2D eigenvalue weighted by Crippen LogP contribution is -2.27. The van der Waals surface area contributed by atoms with Crippen LogP contribution < -0.4 is 14.8 Å². The van der Waals surface area contributed by atoms with E-state index < -0.39 is 0 Å². The van der Waals surface area contributed by atoms with Gasteiger partial charge in [-0.15, -0.1) is 0 Å². The lowest BCUT2D eigenvalue weighted by molar-refractivity contribution is 0.0938. The Labute approximate surface area is 134 Å². The van der Waals surface area contributed by atoms with Gasteiger partial charge in [0.2, 0.25) is 0 Å². The number of ether oxygens (including phenoxy) is 2. The summed E-state index contributed by atoms with van der Waals surface area (Å²) in [6.45, 7) is 2.91. The summed E-state index contributed by atoms with van der Waals surface area (Å²) in [5.41, 5.74) is 2.06. The fourth-order valence-corrected chi connectivity index (χ4v) is 2.39. The predicted octanol–water partition coefficient (Wildman–Crippen LogP) is 2.82. The quantitative estimate of drug-likeness (QED) is 0.946. The van der Waals surface area contributed by atoms with E-state index >= 15 is 0 Å². The van der Waals surface area contributed by atoms with E-state index in [0.29, 0.717) is 35.8 Å². The van der Waals surface area contributed by atoms with Crippen LogP contribution in [-0.4, -0.2) is 19.1 Å². The Morgan fingerprint density at radius 2 is 1.83 bits per heavy atom. The van der Waals surface area contributed by atoms with E-state index in [1.807, 2.05) is 19.1 Å². The molecule has 0 bridgehead atoms. The molecule has 1 aliphatic rings. The van der Waals surface area contributed by atoms with Crippen molar-refractivity contribution in [3.63, 3.8) is 0 Å². The highest BCUT2D eigenvalue weighted by Crippen LogP contribution is 2.30. The molecule has 1 amide bonds. The number of hydrogen-bond acceptors (Lipinski definition) is 4. The van der Waals surface area contributed by atoms with Gasteiger partial charge < -0.3 is 14.8 Å². The van der Waals surface area contributed by atoms with Crippen molar-refractivity contribution < 1.29 is 14.3 Å². The molecule has 1 N–H and O–H groups in total. The van der Waals surface area contributed by atoms with E-state index in [9.17, 15) is 4.79 Å². The fraction of sp³-hybridized carbons (Fsp3) is 0.222. The zero-order valence-electron chi connectivity index (χ0n) is 12.7. The summed E-state index contributed by atoms with van der Waals surface area (Å²) < 4.78 is 10.9. The first-order valence-electron chi connectivity index (χ1n) is 7.38. The van der Waals surface area contributed by atoms with Crippen molar-refractivity contribution in [2.45, 2.75) is 13.0 Å². The molecule has 0 radical (unpaired) electrons. The van der Waals surface area contributed by atoms with Gasteiger partial charge in [-0.2, -0.15) is 5.26 Å². The summed E-state index contributed by atoms with van der Waals surface area (Å²) in [4.78, 5) is 12.4. The summed E-state index contributed by atoms with van der Waals surface area (Å²) >= 11 is 0. The molecule has 0 fully saturated rings. The zero-order valence-corrected chi connectivity index (χ0v) is 12.7. The fourth-order valence-electron chi connectivity index (χ4n) is 2.39. The van der Waals surface area contributed by atoms with Crippen LogP contribution in [0.3, 0.4) is 0 Å². The van der Waals surface area contributed by atoms with Gasteiger partial charge in [-0.1, -0.05) is 12.1 Å². The Bertz CT molecular complexity index is 763. The number of carbonyl (C=O) groups excluding carboxylic acids is 1. The number of nitriles is 1. The van der Waals surface area contributed by atoms with Gasteiger partial charge in [0.25, 0.3) is 5.91 Å². The van der Waals surface area contributed by atoms with Crippen LogP contribution in [0.4, 0.5) is 0 Å². The summed E-state index contributed by atoms with van der Waals surface area (Å²) in [6, 6.07) is 14.2. The summed E-state index contributed by atoms with van der Waals surface area (Å²) in [5, 5.41) is 11.8. The minimum Gasteiger partial charge on any atom is -0.486 e. The Morgan fingerprint density at radius 3 is 2.52 bits per heavy atom. The zero-order chi connectivity index (χ0) is 16.2. The highest BCUT2D eigenvalue weighted by atomic mass is 16.6. The number of carbonyl (C=O) groups is 1. The lowest BCUT2D eigenvalue weighted by atomic mass is 10.1. The number of nitrogens with one attached hydrogen (secondary N) is 1. The van der Waals surface area contributed by atoms with Gasteiger partial charge in [-0.05, 0) is 42.8 Å². The van der Waals surface area contributed by atoms with E-state index in [1.54, 1.807) is 30.3 Å². The van der Waals surface area contributed by atoms with Crippen LogP contribution in [0.5, 0.6) is 11.5 Å². The van der Waals surface area contributed by atoms with Gasteiger partial charge in [0.05, 0.1) is 17.7 Å². The van der Waals surface area contributed by atoms with Gasteiger partial charge in [0, 0.05) is 5.56 Å². The maximum absolute atomic E-state index is 12.4. The van der Waals surface area contributed by atoms with E-state index in [-0.39, 0.29) is 11.9 Å². The molecule has 5 heteroatoms. The summed E-state index contributed by atoms with van der Waals surface area (Å²) in [5.74, 6) is 1.07. The molecular formula is C18H16N2O3. The standard InChI is InChI=1S/C18H16N2O3/c1-12(14-4-2-13(11-19)3-5-14)20-18(21)15-6-7-16-17(10-15)23-9-8-22-16/h2-7,10,12H,8-9H2,1H3,(H,20,21). The largest absolute Gasteiger partial charge is 0.486 e. The third kappa shape index (κ3) is 3.27. The summed E-state index contributed by atoms with van der Waals surface area (Å²) in [6.07, 6.45) is 0. The minimum absolute atomic E-state index is 0.163. The van der Waals surface area contributed by atoms with Gasteiger partial charge in [0.1, 0.15) is 13.2 Å². The Morgan fingerprint density at radius 1 is 1.13 bits per heavy atom. The lowest BCUT2D eigenvalue weighted by Gasteiger charge is -2.19. The van der Waals surface area contributed by atoms with Crippen molar-refractivity contribution in [2.24, 2.45) is 0 Å². The number of amides is 1. The van der Waals surface area contributed by atoms with Crippen LogP contribution in [0.2, 0.25) is 0 Å². The van der Waals surface area contributed by atoms with Crippen LogP contribution in [0.1, 0.15) is 34.5 Å². The molecule has 1 heterocycles.